The molecular weight excluding hydrogens is 166 g/mol. The summed E-state index contributed by atoms with van der Waals surface area (Å²) in [6.45, 7) is 1.43. The number of rotatable bonds is 1. The lowest BCUT2D eigenvalue weighted by atomic mass is 10.9. The largest absolute Gasteiger partial charge is 0.619 e. The first kappa shape index (κ1) is 15.8. The van der Waals surface area contributed by atoms with Crippen molar-refractivity contribution in [3.63, 3.8) is 0 Å². The molecule has 0 aliphatic rings. The van der Waals surface area contributed by atoms with E-state index in [0.29, 0.717) is 0 Å². The molecule has 0 aromatic rings. The highest BCUT2D eigenvalue weighted by Crippen LogP contribution is 1.67. The first-order chi connectivity index (χ1) is 2.77. The lowest BCUT2D eigenvalue weighted by Gasteiger charge is -1.90. The summed E-state index contributed by atoms with van der Waals surface area (Å²) in [5.74, 6) is 1.77. The standard InChI is InChI=1S/C2H4O2.CH3.Al.2ClH.H/c1-2(3)4;;;;;/h1H3,(H,3,4);1H3;;2*1H;/q;;+1;;;/p-1. The molecule has 0 atom stereocenters. The molecule has 0 bridgehead atoms. The van der Waals surface area contributed by atoms with E-state index in [2.05, 4.69) is 3.79 Å². The van der Waals surface area contributed by atoms with Crippen LogP contribution in [0.4, 0.5) is 0 Å². The van der Waals surface area contributed by atoms with Crippen LogP contribution in [0.1, 0.15) is 6.92 Å². The summed E-state index contributed by atoms with van der Waals surface area (Å²) in [6, 6.07) is 0. The number of hydrogen-bond acceptors (Lipinski definition) is 2. The molecule has 0 radical (unpaired) electrons. The van der Waals surface area contributed by atoms with E-state index in [1.807, 2.05) is 5.79 Å². The van der Waals surface area contributed by atoms with Crippen molar-refractivity contribution in [3.05, 3.63) is 0 Å². The van der Waals surface area contributed by atoms with Crippen LogP contribution in [0.3, 0.4) is 0 Å². The van der Waals surface area contributed by atoms with E-state index >= 15 is 0 Å². The number of hydrogen-bond donors (Lipinski definition) is 0. The molecule has 0 unspecified atom stereocenters. The van der Waals surface area contributed by atoms with Gasteiger partial charge in [-0.3, -0.25) is 4.79 Å². The minimum atomic E-state index is -0.483. The maximum Gasteiger partial charge on any atom is 0.520 e. The summed E-state index contributed by atoms with van der Waals surface area (Å²) in [7, 11) is 0. The Morgan fingerprint density at radius 1 is 1.50 bits per heavy atom. The van der Waals surface area contributed by atoms with E-state index in [0.717, 1.165) is 0 Å². The third-order valence-electron chi connectivity index (χ3n) is 0.348. The molecule has 0 aliphatic heterocycles. The van der Waals surface area contributed by atoms with Crippen LogP contribution in [0.2, 0.25) is 5.79 Å². The van der Waals surface area contributed by atoms with E-state index in [4.69, 9.17) is 0 Å². The highest BCUT2D eigenvalue weighted by Gasteiger charge is 1.86. The van der Waals surface area contributed by atoms with Gasteiger partial charge in [-0.25, -0.2) is 0 Å². The highest BCUT2D eigenvalue weighted by molar-refractivity contribution is 6.28. The Kier molecular flexibility index (Phi) is 20.9. The SMILES string of the molecule is Cl.Cl.[CH3][AlH][O]C(C)=O. The van der Waals surface area contributed by atoms with Gasteiger partial charge in [0, 0.05) is 6.92 Å². The summed E-state index contributed by atoms with van der Waals surface area (Å²) < 4.78 is 4.54. The fraction of sp³-hybridized carbons (Fsp3) is 0.667. The zero-order valence-electron chi connectivity index (χ0n) is 4.84. The minimum absolute atomic E-state index is 0. The molecule has 0 saturated heterocycles. The van der Waals surface area contributed by atoms with Gasteiger partial charge in [0.05, 0.1) is 0 Å². The molecule has 0 aromatic heterocycles. The highest BCUT2D eigenvalue weighted by atomic mass is 35.5. The van der Waals surface area contributed by atoms with Crippen molar-refractivity contribution in [1.82, 2.24) is 0 Å². The third kappa shape index (κ3) is 16.0. The Bertz CT molecular complexity index is 59.2. The van der Waals surface area contributed by atoms with Crippen LogP contribution < -0.4 is 0 Å². The molecule has 0 fully saturated rings. The topological polar surface area (TPSA) is 26.3 Å². The quantitative estimate of drug-likeness (QED) is 0.550. The van der Waals surface area contributed by atoms with Crippen LogP contribution in [0.15, 0.2) is 0 Å². The summed E-state index contributed by atoms with van der Waals surface area (Å²) in [4.78, 5) is 9.86. The minimum Gasteiger partial charge on any atom is -0.619 e. The molecule has 0 aromatic carbocycles. The molecule has 0 saturated carbocycles. The van der Waals surface area contributed by atoms with Crippen LogP contribution >= 0.6 is 24.8 Å². The van der Waals surface area contributed by atoms with Crippen LogP contribution in [-0.4, -0.2) is 21.5 Å². The van der Waals surface area contributed by atoms with Crippen molar-refractivity contribution >= 4 is 46.3 Å². The average Bonchev–Trinajstić information content (AvgIpc) is 1.35. The molecule has 0 amide bonds. The molecule has 50 valence electrons. The maximum atomic E-state index is 9.86. The summed E-state index contributed by atoms with van der Waals surface area (Å²) >= 11 is -0.483. The van der Waals surface area contributed by atoms with Gasteiger partial charge in [0.15, 0.2) is 0 Å². The van der Waals surface area contributed by atoms with Gasteiger partial charge >= 0.3 is 15.6 Å². The number of carbonyl (C=O) groups excluding carboxylic acids is 1. The Morgan fingerprint density at radius 2 is 1.88 bits per heavy atom. The molecular formula is C3H9AlCl2O2. The molecule has 0 aliphatic carbocycles. The zero-order chi connectivity index (χ0) is 4.99. The lowest BCUT2D eigenvalue weighted by Crippen LogP contribution is -1.98. The van der Waals surface area contributed by atoms with E-state index < -0.39 is 15.6 Å². The van der Waals surface area contributed by atoms with Crippen LogP contribution in [0, 0.1) is 0 Å². The van der Waals surface area contributed by atoms with Crippen molar-refractivity contribution < 1.29 is 8.58 Å². The normalized spacial score (nSPS) is 5.25. The molecule has 5 heteroatoms. The first-order valence-electron chi connectivity index (χ1n) is 1.90. The van der Waals surface area contributed by atoms with Crippen molar-refractivity contribution in [2.45, 2.75) is 12.7 Å². The van der Waals surface area contributed by atoms with Crippen LogP contribution in [-0.2, 0) is 8.58 Å². The number of carbonyl (C=O) groups is 1. The summed E-state index contributed by atoms with van der Waals surface area (Å²) in [5, 5.41) is 0. The van der Waals surface area contributed by atoms with Gasteiger partial charge in [-0.05, 0) is 0 Å². The average molecular weight is 175 g/mol. The van der Waals surface area contributed by atoms with E-state index in [1.165, 1.54) is 6.92 Å². The predicted octanol–water partition coefficient (Wildman–Crippen LogP) is 0.793. The van der Waals surface area contributed by atoms with Gasteiger partial charge in [-0.1, -0.05) is 5.79 Å². The van der Waals surface area contributed by atoms with Gasteiger partial charge in [0.25, 0.3) is 5.97 Å². The molecule has 0 rings (SSSR count). The predicted molar refractivity (Wildman–Crippen MR) is 39.3 cm³/mol. The monoisotopic (exact) mass is 174 g/mol. The molecule has 0 spiro atoms. The third-order valence-corrected chi connectivity index (χ3v) is 1.04. The zero-order valence-corrected chi connectivity index (χ0v) is 7.89. The van der Waals surface area contributed by atoms with Crippen molar-refractivity contribution in [3.8, 4) is 0 Å². The van der Waals surface area contributed by atoms with E-state index in [1.54, 1.807) is 0 Å². The van der Waals surface area contributed by atoms with Gasteiger partial charge in [-0.15, -0.1) is 24.8 Å². The molecule has 0 N–H and O–H groups in total. The second kappa shape index (κ2) is 10.5. The molecule has 0 heterocycles. The summed E-state index contributed by atoms with van der Waals surface area (Å²) in [6.07, 6.45) is 0. The fourth-order valence-corrected chi connectivity index (χ4v) is 0.610. The fourth-order valence-electron chi connectivity index (χ4n) is 0.203. The van der Waals surface area contributed by atoms with Crippen LogP contribution in [0.5, 0.6) is 0 Å². The first-order valence-corrected chi connectivity index (χ1v) is 3.90. The van der Waals surface area contributed by atoms with Gasteiger partial charge in [0.2, 0.25) is 0 Å². The van der Waals surface area contributed by atoms with Crippen LogP contribution in [0.25, 0.3) is 0 Å². The molecule has 2 nitrogen and oxygen atoms in total. The Balaban J connectivity index is -0.000000125. The second-order valence-corrected chi connectivity index (χ2v) is 1.79. The molecule has 8 heavy (non-hydrogen) atoms. The number of halogens is 2. The van der Waals surface area contributed by atoms with Crippen molar-refractivity contribution in [2.75, 3.05) is 0 Å². The Labute approximate surface area is 67.8 Å². The van der Waals surface area contributed by atoms with E-state index in [9.17, 15) is 4.79 Å². The lowest BCUT2D eigenvalue weighted by molar-refractivity contribution is -0.131. The van der Waals surface area contributed by atoms with Gasteiger partial charge < -0.3 is 3.79 Å². The Morgan fingerprint density at radius 3 is 1.88 bits per heavy atom. The second-order valence-electron chi connectivity index (χ2n) is 0.925. The van der Waals surface area contributed by atoms with Gasteiger partial charge in [0.1, 0.15) is 0 Å². The smallest absolute Gasteiger partial charge is 0.520 e. The van der Waals surface area contributed by atoms with Crippen molar-refractivity contribution in [2.24, 2.45) is 0 Å². The van der Waals surface area contributed by atoms with Gasteiger partial charge in [-0.2, -0.15) is 0 Å². The van der Waals surface area contributed by atoms with E-state index in [-0.39, 0.29) is 30.8 Å². The maximum absolute atomic E-state index is 9.86. The summed E-state index contributed by atoms with van der Waals surface area (Å²) in [5.41, 5.74) is 0. The van der Waals surface area contributed by atoms with Crippen molar-refractivity contribution in [1.29, 1.82) is 0 Å². The Hall–Kier alpha value is 0.582.